The van der Waals surface area contributed by atoms with Crippen LogP contribution in [0, 0.1) is 11.5 Å². The molecule has 0 aliphatic heterocycles. The van der Waals surface area contributed by atoms with Crippen molar-refractivity contribution in [3.8, 4) is 6.19 Å². The Kier molecular flexibility index (Phi) is 3.72. The van der Waals surface area contributed by atoms with E-state index in [2.05, 4.69) is 17.5 Å². The number of hydrogen-bond acceptors (Lipinski definition) is 3. The monoisotopic (exact) mass is 144 g/mol. The van der Waals surface area contributed by atoms with Gasteiger partial charge in [-0.25, -0.2) is 0 Å². The van der Waals surface area contributed by atoms with Crippen LogP contribution in [0.15, 0.2) is 0 Å². The third-order valence-corrected chi connectivity index (χ3v) is 0.699. The summed E-state index contributed by atoms with van der Waals surface area (Å²) in [7, 11) is 0. The van der Waals surface area contributed by atoms with Crippen molar-refractivity contribution in [3.05, 3.63) is 0 Å². The van der Waals surface area contributed by atoms with E-state index in [0.29, 0.717) is 0 Å². The van der Waals surface area contributed by atoms with Gasteiger partial charge in [0.15, 0.2) is 6.19 Å². The molecule has 3 nitrogen and oxygen atoms in total. The fourth-order valence-corrected chi connectivity index (χ4v) is 0.527. The van der Waals surface area contributed by atoms with Crippen molar-refractivity contribution in [3.63, 3.8) is 0 Å². The second kappa shape index (κ2) is 4.10. The van der Waals surface area contributed by atoms with E-state index in [9.17, 15) is 0 Å². The van der Waals surface area contributed by atoms with Crippen molar-refractivity contribution < 1.29 is 4.74 Å². The molecular weight excluding hydrogens is 136 g/mol. The van der Waals surface area contributed by atoms with Crippen LogP contribution in [0.1, 0.15) is 13.8 Å². The van der Waals surface area contributed by atoms with Crippen LogP contribution < -0.4 is 5.32 Å². The third kappa shape index (κ3) is 5.04. The van der Waals surface area contributed by atoms with E-state index >= 15 is 0 Å². The number of hydrogen-bond donors (Lipinski definition) is 1. The third-order valence-electron chi connectivity index (χ3n) is 0.501. The van der Waals surface area contributed by atoms with Gasteiger partial charge in [-0.15, -0.1) is 0 Å². The lowest BCUT2D eigenvalue weighted by molar-refractivity contribution is 0.228. The van der Waals surface area contributed by atoms with Crippen molar-refractivity contribution in [2.75, 3.05) is 0 Å². The molecular formula is C5H8N2OS. The molecule has 0 heterocycles. The molecule has 0 aliphatic rings. The zero-order valence-corrected chi connectivity index (χ0v) is 6.16. The smallest absolute Gasteiger partial charge is 0.270 e. The molecule has 0 aromatic heterocycles. The molecule has 0 atom stereocenters. The summed E-state index contributed by atoms with van der Waals surface area (Å²) in [5.74, 6) is 0. The van der Waals surface area contributed by atoms with Gasteiger partial charge in [0.1, 0.15) is 0 Å². The summed E-state index contributed by atoms with van der Waals surface area (Å²) < 4.78 is 4.89. The second-order valence-corrected chi connectivity index (χ2v) is 2.06. The first-order chi connectivity index (χ1) is 4.16. The highest BCUT2D eigenvalue weighted by atomic mass is 32.1. The minimum Gasteiger partial charge on any atom is -0.468 e. The summed E-state index contributed by atoms with van der Waals surface area (Å²) in [6, 6.07) is 0. The maximum Gasteiger partial charge on any atom is 0.270 e. The Balaban J connectivity index is 3.42. The van der Waals surface area contributed by atoms with Gasteiger partial charge in [-0.1, -0.05) is 0 Å². The van der Waals surface area contributed by atoms with Gasteiger partial charge in [-0.3, -0.25) is 5.32 Å². The lowest BCUT2D eigenvalue weighted by Crippen LogP contribution is -2.21. The molecule has 0 spiro atoms. The summed E-state index contributed by atoms with van der Waals surface area (Å²) >= 11 is 4.57. The molecule has 0 aromatic carbocycles. The summed E-state index contributed by atoms with van der Waals surface area (Å²) in [5.41, 5.74) is 0. The van der Waals surface area contributed by atoms with Gasteiger partial charge < -0.3 is 4.74 Å². The van der Waals surface area contributed by atoms with Crippen molar-refractivity contribution in [1.29, 1.82) is 5.26 Å². The lowest BCUT2D eigenvalue weighted by Gasteiger charge is -2.06. The largest absolute Gasteiger partial charge is 0.468 e. The number of rotatable bonds is 1. The standard InChI is InChI=1S/C5H8N2OS/c1-4(2)8-5(9)7-3-6/h4H,1-2H3,(H,7,9). The normalized spacial score (nSPS) is 8.22. The molecule has 0 bridgehead atoms. The average molecular weight is 144 g/mol. The van der Waals surface area contributed by atoms with Gasteiger partial charge in [0.05, 0.1) is 6.10 Å². The number of ether oxygens (including phenoxy) is 1. The van der Waals surface area contributed by atoms with Crippen molar-refractivity contribution in [1.82, 2.24) is 5.32 Å². The van der Waals surface area contributed by atoms with Crippen LogP contribution in [0.25, 0.3) is 0 Å². The molecule has 0 fully saturated rings. The Morgan fingerprint density at radius 1 is 1.78 bits per heavy atom. The van der Waals surface area contributed by atoms with Crippen LogP contribution in [0.2, 0.25) is 0 Å². The van der Waals surface area contributed by atoms with E-state index < -0.39 is 0 Å². The van der Waals surface area contributed by atoms with Crippen LogP contribution in [0.4, 0.5) is 0 Å². The Labute approximate surface area is 59.6 Å². The van der Waals surface area contributed by atoms with Gasteiger partial charge in [0.25, 0.3) is 5.17 Å². The molecule has 0 amide bonds. The van der Waals surface area contributed by atoms with E-state index in [-0.39, 0.29) is 11.3 Å². The Morgan fingerprint density at radius 2 is 2.33 bits per heavy atom. The quantitative estimate of drug-likeness (QED) is 0.335. The second-order valence-electron chi connectivity index (χ2n) is 1.69. The maximum atomic E-state index is 8.02. The van der Waals surface area contributed by atoms with Gasteiger partial charge in [-0.05, 0) is 26.1 Å². The maximum absolute atomic E-state index is 8.02. The zero-order chi connectivity index (χ0) is 7.28. The summed E-state index contributed by atoms with van der Waals surface area (Å²) in [5, 5.41) is 10.3. The molecule has 0 radical (unpaired) electrons. The number of nitrogens with one attached hydrogen (secondary N) is 1. The Hall–Kier alpha value is -0.820. The van der Waals surface area contributed by atoms with E-state index in [1.54, 1.807) is 6.19 Å². The highest BCUT2D eigenvalue weighted by Gasteiger charge is 1.96. The minimum absolute atomic E-state index is 0.0262. The lowest BCUT2D eigenvalue weighted by atomic mass is 10.5. The van der Waals surface area contributed by atoms with Crippen LogP contribution in [-0.4, -0.2) is 11.3 Å². The molecule has 0 unspecified atom stereocenters. The SMILES string of the molecule is CC(C)OC(=S)NC#N. The molecule has 0 aliphatic carbocycles. The highest BCUT2D eigenvalue weighted by Crippen LogP contribution is 1.86. The topological polar surface area (TPSA) is 45.0 Å². The van der Waals surface area contributed by atoms with E-state index in [4.69, 9.17) is 10.00 Å². The van der Waals surface area contributed by atoms with Crippen molar-refractivity contribution in [2.24, 2.45) is 0 Å². The molecule has 1 N–H and O–H groups in total. The van der Waals surface area contributed by atoms with Crippen molar-refractivity contribution in [2.45, 2.75) is 20.0 Å². The van der Waals surface area contributed by atoms with E-state index in [1.165, 1.54) is 0 Å². The predicted molar refractivity (Wildman–Crippen MR) is 37.6 cm³/mol. The number of thiocarbonyl (C=S) groups is 1. The van der Waals surface area contributed by atoms with Gasteiger partial charge in [-0.2, -0.15) is 5.26 Å². The molecule has 4 heteroatoms. The summed E-state index contributed by atoms with van der Waals surface area (Å²) in [6.07, 6.45) is 1.68. The zero-order valence-electron chi connectivity index (χ0n) is 5.34. The molecule has 0 aromatic rings. The molecule has 0 saturated carbocycles. The molecule has 0 rings (SSSR count). The first-order valence-corrected chi connectivity index (χ1v) is 2.93. The minimum atomic E-state index is 0.0262. The van der Waals surface area contributed by atoms with Gasteiger partial charge in [0, 0.05) is 0 Å². The van der Waals surface area contributed by atoms with Crippen LogP contribution >= 0.6 is 12.2 Å². The van der Waals surface area contributed by atoms with Gasteiger partial charge >= 0.3 is 0 Å². The van der Waals surface area contributed by atoms with Crippen LogP contribution in [-0.2, 0) is 4.74 Å². The van der Waals surface area contributed by atoms with E-state index in [1.807, 2.05) is 13.8 Å². The fraction of sp³-hybridized carbons (Fsp3) is 0.600. The molecule has 9 heavy (non-hydrogen) atoms. The van der Waals surface area contributed by atoms with Crippen molar-refractivity contribution >= 4 is 17.4 Å². The average Bonchev–Trinajstić information content (AvgIpc) is 1.63. The number of nitrogens with zero attached hydrogens (tertiary/aromatic N) is 1. The fourth-order valence-electron chi connectivity index (χ4n) is 0.289. The highest BCUT2D eigenvalue weighted by molar-refractivity contribution is 7.80. The summed E-state index contributed by atoms with van der Waals surface area (Å²) in [6.45, 7) is 3.68. The van der Waals surface area contributed by atoms with Crippen LogP contribution in [0.5, 0.6) is 0 Å². The summed E-state index contributed by atoms with van der Waals surface area (Å²) in [4.78, 5) is 0. The first-order valence-electron chi connectivity index (χ1n) is 2.52. The number of nitriles is 1. The van der Waals surface area contributed by atoms with Crippen LogP contribution in [0.3, 0.4) is 0 Å². The molecule has 50 valence electrons. The molecule has 0 saturated heterocycles. The first kappa shape index (κ1) is 8.18. The van der Waals surface area contributed by atoms with Gasteiger partial charge in [0.2, 0.25) is 0 Å². The Morgan fingerprint density at radius 3 is 2.67 bits per heavy atom. The van der Waals surface area contributed by atoms with E-state index in [0.717, 1.165) is 0 Å². The Bertz CT molecular complexity index is 138. The predicted octanol–water partition coefficient (Wildman–Crippen LogP) is 0.767.